The van der Waals surface area contributed by atoms with E-state index in [0.717, 1.165) is 12.0 Å². The molecule has 0 radical (unpaired) electrons. The van der Waals surface area contributed by atoms with Gasteiger partial charge in [-0.05, 0) is 24.3 Å². The summed E-state index contributed by atoms with van der Waals surface area (Å²) in [6.45, 7) is 3.86. The number of nitrogens with one attached hydrogen (secondary N) is 1. The number of hydrogen-bond acceptors (Lipinski definition) is 2. The van der Waals surface area contributed by atoms with Gasteiger partial charge in [0.1, 0.15) is 4.88 Å². The van der Waals surface area contributed by atoms with E-state index >= 15 is 0 Å². The molecule has 0 aromatic carbocycles. The summed E-state index contributed by atoms with van der Waals surface area (Å²) in [5.74, 6) is 0.287. The Balaban J connectivity index is 2.73. The molecule has 1 unspecified atom stereocenters. The average Bonchev–Trinajstić information content (AvgIpc) is 2.56. The van der Waals surface area contributed by atoms with Crippen LogP contribution in [0.25, 0.3) is 0 Å². The standard InChI is InChI=1S/C10H13Cl2NOS/c1-3-7(4-11)13-10(14)9-8(12)6(2)5-15-9/h5,7H,3-4H2,1-2H3,(H,13,14). The molecule has 15 heavy (non-hydrogen) atoms. The summed E-state index contributed by atoms with van der Waals surface area (Å²) in [5.41, 5.74) is 0.936. The lowest BCUT2D eigenvalue weighted by molar-refractivity contribution is 0.0944. The highest BCUT2D eigenvalue weighted by molar-refractivity contribution is 7.13. The smallest absolute Gasteiger partial charge is 0.263 e. The molecule has 1 amide bonds. The van der Waals surface area contributed by atoms with Gasteiger partial charge in [-0.25, -0.2) is 0 Å². The van der Waals surface area contributed by atoms with Crippen molar-refractivity contribution in [1.29, 1.82) is 0 Å². The second kappa shape index (κ2) is 5.73. The molecule has 0 bridgehead atoms. The lowest BCUT2D eigenvalue weighted by atomic mass is 10.2. The van der Waals surface area contributed by atoms with E-state index in [0.29, 0.717) is 15.8 Å². The van der Waals surface area contributed by atoms with Gasteiger partial charge in [-0.15, -0.1) is 22.9 Å². The van der Waals surface area contributed by atoms with Crippen LogP contribution in [0.15, 0.2) is 5.38 Å². The maximum absolute atomic E-state index is 11.8. The highest BCUT2D eigenvalue weighted by Gasteiger charge is 2.16. The van der Waals surface area contributed by atoms with Crippen LogP contribution in [0.1, 0.15) is 28.6 Å². The Labute approximate surface area is 104 Å². The highest BCUT2D eigenvalue weighted by atomic mass is 35.5. The minimum atomic E-state index is -0.134. The van der Waals surface area contributed by atoms with Crippen LogP contribution in [-0.4, -0.2) is 17.8 Å². The average molecular weight is 266 g/mol. The van der Waals surface area contributed by atoms with E-state index in [-0.39, 0.29) is 11.9 Å². The molecule has 0 aliphatic carbocycles. The Morgan fingerprint density at radius 1 is 1.67 bits per heavy atom. The van der Waals surface area contributed by atoms with Gasteiger partial charge in [0.25, 0.3) is 5.91 Å². The molecule has 1 atom stereocenters. The molecule has 84 valence electrons. The molecule has 1 heterocycles. The van der Waals surface area contributed by atoms with Crippen molar-refractivity contribution in [1.82, 2.24) is 5.32 Å². The largest absolute Gasteiger partial charge is 0.347 e. The molecule has 1 rings (SSSR count). The normalized spacial score (nSPS) is 12.5. The van der Waals surface area contributed by atoms with E-state index < -0.39 is 0 Å². The van der Waals surface area contributed by atoms with Crippen LogP contribution >= 0.6 is 34.5 Å². The van der Waals surface area contributed by atoms with Crippen molar-refractivity contribution in [3.8, 4) is 0 Å². The van der Waals surface area contributed by atoms with Crippen molar-refractivity contribution in [3.63, 3.8) is 0 Å². The van der Waals surface area contributed by atoms with Gasteiger partial charge in [-0.1, -0.05) is 18.5 Å². The van der Waals surface area contributed by atoms with Crippen LogP contribution < -0.4 is 5.32 Å². The number of alkyl halides is 1. The predicted octanol–water partition coefficient (Wildman–Crippen LogP) is 3.46. The first-order valence-electron chi connectivity index (χ1n) is 4.70. The lowest BCUT2D eigenvalue weighted by Gasteiger charge is -2.12. The zero-order valence-electron chi connectivity index (χ0n) is 8.64. The van der Waals surface area contributed by atoms with E-state index in [9.17, 15) is 4.79 Å². The third-order valence-corrected chi connectivity index (χ3v) is 4.19. The van der Waals surface area contributed by atoms with Gasteiger partial charge in [0.05, 0.1) is 5.02 Å². The minimum absolute atomic E-state index is 0.0117. The lowest BCUT2D eigenvalue weighted by Crippen LogP contribution is -2.35. The Kier molecular flexibility index (Phi) is 4.90. The van der Waals surface area contributed by atoms with Crippen LogP contribution in [-0.2, 0) is 0 Å². The van der Waals surface area contributed by atoms with E-state index in [4.69, 9.17) is 23.2 Å². The summed E-state index contributed by atoms with van der Waals surface area (Å²) in [4.78, 5) is 12.3. The Bertz CT molecular complexity index is 347. The third-order valence-electron chi connectivity index (χ3n) is 2.12. The van der Waals surface area contributed by atoms with Crippen LogP contribution in [0, 0.1) is 6.92 Å². The molecule has 1 N–H and O–H groups in total. The van der Waals surface area contributed by atoms with Crippen LogP contribution in [0.4, 0.5) is 0 Å². The molecule has 1 aromatic heterocycles. The molecule has 0 aliphatic rings. The first-order chi connectivity index (χ1) is 7.10. The van der Waals surface area contributed by atoms with Gasteiger partial charge in [-0.2, -0.15) is 0 Å². The SMILES string of the molecule is CCC(CCl)NC(=O)c1scc(C)c1Cl. The monoisotopic (exact) mass is 265 g/mol. The summed E-state index contributed by atoms with van der Waals surface area (Å²) < 4.78 is 0. The number of thiophene rings is 1. The summed E-state index contributed by atoms with van der Waals surface area (Å²) in [7, 11) is 0. The van der Waals surface area contributed by atoms with Gasteiger partial charge < -0.3 is 5.32 Å². The molecule has 1 aromatic rings. The number of rotatable bonds is 4. The number of carbonyl (C=O) groups excluding carboxylic acids is 1. The maximum Gasteiger partial charge on any atom is 0.263 e. The summed E-state index contributed by atoms with van der Waals surface area (Å²) in [6, 6.07) is 0.0117. The van der Waals surface area contributed by atoms with Gasteiger partial charge in [0.2, 0.25) is 0 Å². The highest BCUT2D eigenvalue weighted by Crippen LogP contribution is 2.26. The predicted molar refractivity (Wildman–Crippen MR) is 66.3 cm³/mol. The molecule has 0 spiro atoms. The molecular formula is C10H13Cl2NOS. The molecular weight excluding hydrogens is 253 g/mol. The number of carbonyl (C=O) groups is 1. The van der Waals surface area contributed by atoms with Gasteiger partial charge in [0.15, 0.2) is 0 Å². The van der Waals surface area contributed by atoms with Crippen LogP contribution in [0.3, 0.4) is 0 Å². The van der Waals surface area contributed by atoms with Crippen molar-refractivity contribution >= 4 is 40.4 Å². The quantitative estimate of drug-likeness (QED) is 0.831. The van der Waals surface area contributed by atoms with Crippen molar-refractivity contribution in [2.75, 3.05) is 5.88 Å². The fourth-order valence-electron chi connectivity index (χ4n) is 1.08. The van der Waals surface area contributed by atoms with Crippen LogP contribution in [0.5, 0.6) is 0 Å². The van der Waals surface area contributed by atoms with Crippen molar-refractivity contribution < 1.29 is 4.79 Å². The summed E-state index contributed by atoms with van der Waals surface area (Å²) in [6.07, 6.45) is 0.817. The maximum atomic E-state index is 11.8. The van der Waals surface area contributed by atoms with E-state index in [1.165, 1.54) is 11.3 Å². The van der Waals surface area contributed by atoms with E-state index in [2.05, 4.69) is 5.32 Å². The third kappa shape index (κ3) is 3.10. The zero-order valence-corrected chi connectivity index (χ0v) is 11.0. The van der Waals surface area contributed by atoms with Crippen molar-refractivity contribution in [3.05, 3.63) is 20.8 Å². The molecule has 0 saturated heterocycles. The number of hydrogen-bond donors (Lipinski definition) is 1. The first-order valence-corrected chi connectivity index (χ1v) is 6.49. The summed E-state index contributed by atoms with van der Waals surface area (Å²) >= 11 is 13.1. The van der Waals surface area contributed by atoms with E-state index in [1.54, 1.807) is 0 Å². The molecule has 5 heteroatoms. The number of aryl methyl sites for hydroxylation is 1. The fraction of sp³-hybridized carbons (Fsp3) is 0.500. The second-order valence-corrected chi connectivity index (χ2v) is 4.86. The second-order valence-electron chi connectivity index (χ2n) is 3.29. The molecule has 2 nitrogen and oxygen atoms in total. The Hall–Kier alpha value is -0.250. The van der Waals surface area contributed by atoms with Crippen LogP contribution in [0.2, 0.25) is 5.02 Å². The minimum Gasteiger partial charge on any atom is -0.347 e. The van der Waals surface area contributed by atoms with Gasteiger partial charge >= 0.3 is 0 Å². The topological polar surface area (TPSA) is 29.1 Å². The molecule has 0 aliphatic heterocycles. The first kappa shape index (κ1) is 12.8. The Morgan fingerprint density at radius 2 is 2.33 bits per heavy atom. The van der Waals surface area contributed by atoms with Crippen molar-refractivity contribution in [2.24, 2.45) is 0 Å². The van der Waals surface area contributed by atoms with Gasteiger partial charge in [-0.3, -0.25) is 4.79 Å². The fourth-order valence-corrected chi connectivity index (χ4v) is 2.56. The number of amides is 1. The van der Waals surface area contributed by atoms with Crippen molar-refractivity contribution in [2.45, 2.75) is 26.3 Å². The number of halogens is 2. The van der Waals surface area contributed by atoms with Gasteiger partial charge in [0, 0.05) is 11.9 Å². The molecule has 0 saturated carbocycles. The zero-order chi connectivity index (χ0) is 11.4. The molecule has 0 fully saturated rings. The van der Waals surface area contributed by atoms with E-state index in [1.807, 2.05) is 19.2 Å². The Morgan fingerprint density at radius 3 is 2.73 bits per heavy atom. The summed E-state index contributed by atoms with van der Waals surface area (Å²) in [5, 5.41) is 5.26.